The maximum Gasteiger partial charge on any atom is 0.220 e. The molecule has 0 saturated carbocycles. The number of amides is 1. The van der Waals surface area contributed by atoms with E-state index in [2.05, 4.69) is 12.2 Å². The van der Waals surface area contributed by atoms with Gasteiger partial charge in [-0.2, -0.15) is 0 Å². The minimum absolute atomic E-state index is 0.0703. The monoisotopic (exact) mass is 231 g/mol. The minimum Gasteiger partial charge on any atom is -0.396 e. The molecule has 0 aliphatic heterocycles. The predicted octanol–water partition coefficient (Wildman–Crippen LogP) is 1.18. The van der Waals surface area contributed by atoms with Crippen molar-refractivity contribution in [2.75, 3.05) is 26.9 Å². The first-order valence-corrected chi connectivity index (χ1v) is 6.00. The van der Waals surface area contributed by atoms with Crippen LogP contribution in [-0.2, 0) is 9.53 Å². The van der Waals surface area contributed by atoms with Crippen LogP contribution in [0.5, 0.6) is 0 Å². The van der Waals surface area contributed by atoms with E-state index >= 15 is 0 Å². The summed E-state index contributed by atoms with van der Waals surface area (Å²) in [6.07, 6.45) is 2.24. The zero-order valence-corrected chi connectivity index (χ0v) is 10.7. The van der Waals surface area contributed by atoms with E-state index in [-0.39, 0.29) is 18.4 Å². The van der Waals surface area contributed by atoms with Crippen molar-refractivity contribution < 1.29 is 14.6 Å². The highest BCUT2D eigenvalue weighted by atomic mass is 16.5. The summed E-state index contributed by atoms with van der Waals surface area (Å²) < 4.78 is 4.98. The fourth-order valence-electron chi connectivity index (χ4n) is 1.62. The third-order valence-corrected chi connectivity index (χ3v) is 2.69. The Morgan fingerprint density at radius 2 is 2.19 bits per heavy atom. The number of hydrogen-bond acceptors (Lipinski definition) is 3. The van der Waals surface area contributed by atoms with E-state index in [0.717, 1.165) is 12.8 Å². The first-order valence-electron chi connectivity index (χ1n) is 6.00. The lowest BCUT2D eigenvalue weighted by molar-refractivity contribution is -0.122. The van der Waals surface area contributed by atoms with Gasteiger partial charge in [0.1, 0.15) is 0 Å². The van der Waals surface area contributed by atoms with Crippen LogP contribution in [-0.4, -0.2) is 37.9 Å². The van der Waals surface area contributed by atoms with Gasteiger partial charge in [0.2, 0.25) is 5.91 Å². The molecule has 0 aliphatic carbocycles. The molecule has 1 amide bonds. The number of hydrogen-bond donors (Lipinski definition) is 2. The van der Waals surface area contributed by atoms with Gasteiger partial charge in [-0.3, -0.25) is 4.79 Å². The second-order valence-electron chi connectivity index (χ2n) is 4.36. The SMILES string of the molecule is CCC(CCO)CNC(=O)CC(C)COC. The molecule has 0 spiro atoms. The van der Waals surface area contributed by atoms with E-state index in [1.54, 1.807) is 7.11 Å². The van der Waals surface area contributed by atoms with Crippen molar-refractivity contribution in [3.8, 4) is 0 Å². The fourth-order valence-corrected chi connectivity index (χ4v) is 1.62. The number of carbonyl (C=O) groups is 1. The van der Waals surface area contributed by atoms with E-state index in [4.69, 9.17) is 9.84 Å². The first kappa shape index (κ1) is 15.4. The summed E-state index contributed by atoms with van der Waals surface area (Å²) in [5, 5.41) is 11.7. The zero-order chi connectivity index (χ0) is 12.4. The number of aliphatic hydroxyl groups excluding tert-OH is 1. The van der Waals surface area contributed by atoms with Crippen LogP contribution >= 0.6 is 0 Å². The van der Waals surface area contributed by atoms with Crippen LogP contribution in [0.25, 0.3) is 0 Å². The quantitative estimate of drug-likeness (QED) is 0.626. The van der Waals surface area contributed by atoms with Crippen molar-refractivity contribution in [1.82, 2.24) is 5.32 Å². The Morgan fingerprint density at radius 1 is 1.50 bits per heavy atom. The summed E-state index contributed by atoms with van der Waals surface area (Å²) in [5.74, 6) is 0.704. The smallest absolute Gasteiger partial charge is 0.220 e. The number of ether oxygens (including phenoxy) is 1. The molecule has 0 bridgehead atoms. The van der Waals surface area contributed by atoms with Gasteiger partial charge >= 0.3 is 0 Å². The van der Waals surface area contributed by atoms with Crippen molar-refractivity contribution in [3.63, 3.8) is 0 Å². The summed E-state index contributed by atoms with van der Waals surface area (Å²) in [4.78, 5) is 11.5. The highest BCUT2D eigenvalue weighted by Crippen LogP contribution is 2.06. The Labute approximate surface area is 98.4 Å². The Balaban J connectivity index is 3.70. The van der Waals surface area contributed by atoms with Gasteiger partial charge in [0, 0.05) is 33.3 Å². The van der Waals surface area contributed by atoms with Crippen LogP contribution in [0.15, 0.2) is 0 Å². The van der Waals surface area contributed by atoms with Gasteiger partial charge in [-0.25, -0.2) is 0 Å². The van der Waals surface area contributed by atoms with Crippen LogP contribution in [0, 0.1) is 11.8 Å². The van der Waals surface area contributed by atoms with Crippen LogP contribution < -0.4 is 5.32 Å². The molecule has 0 aromatic rings. The lowest BCUT2D eigenvalue weighted by Gasteiger charge is -2.15. The van der Waals surface area contributed by atoms with Gasteiger partial charge in [0.25, 0.3) is 0 Å². The van der Waals surface area contributed by atoms with E-state index < -0.39 is 0 Å². The van der Waals surface area contributed by atoms with E-state index in [9.17, 15) is 4.79 Å². The van der Waals surface area contributed by atoms with Gasteiger partial charge in [0.05, 0.1) is 0 Å². The maximum absolute atomic E-state index is 11.5. The van der Waals surface area contributed by atoms with Crippen LogP contribution in [0.4, 0.5) is 0 Å². The van der Waals surface area contributed by atoms with Gasteiger partial charge in [-0.05, 0) is 18.3 Å². The summed E-state index contributed by atoms with van der Waals surface area (Å²) in [6, 6.07) is 0. The largest absolute Gasteiger partial charge is 0.396 e. The highest BCUT2D eigenvalue weighted by molar-refractivity contribution is 5.76. The molecule has 0 heterocycles. The maximum atomic E-state index is 11.5. The lowest BCUT2D eigenvalue weighted by Crippen LogP contribution is -2.31. The van der Waals surface area contributed by atoms with Gasteiger partial charge in [0.15, 0.2) is 0 Å². The molecule has 2 N–H and O–H groups in total. The Kier molecular flexibility index (Phi) is 9.24. The molecule has 4 nitrogen and oxygen atoms in total. The molecule has 0 aromatic heterocycles. The lowest BCUT2D eigenvalue weighted by atomic mass is 10.0. The number of aliphatic hydroxyl groups is 1. The minimum atomic E-state index is 0.0703. The van der Waals surface area contributed by atoms with Crippen molar-refractivity contribution in [2.24, 2.45) is 11.8 Å². The highest BCUT2D eigenvalue weighted by Gasteiger charge is 2.11. The molecule has 0 rings (SSSR count). The van der Waals surface area contributed by atoms with Crippen molar-refractivity contribution >= 4 is 5.91 Å². The summed E-state index contributed by atoms with van der Waals surface area (Å²) >= 11 is 0. The second-order valence-corrected chi connectivity index (χ2v) is 4.36. The van der Waals surface area contributed by atoms with Gasteiger partial charge < -0.3 is 15.2 Å². The van der Waals surface area contributed by atoms with Crippen molar-refractivity contribution in [2.45, 2.75) is 33.1 Å². The molecule has 0 aliphatic rings. The van der Waals surface area contributed by atoms with Crippen LogP contribution in [0.3, 0.4) is 0 Å². The number of nitrogens with one attached hydrogen (secondary N) is 1. The summed E-state index contributed by atoms with van der Waals surface area (Å²) in [6.45, 7) is 5.53. The van der Waals surface area contributed by atoms with Gasteiger partial charge in [-0.15, -0.1) is 0 Å². The third-order valence-electron chi connectivity index (χ3n) is 2.69. The van der Waals surface area contributed by atoms with Crippen molar-refractivity contribution in [3.05, 3.63) is 0 Å². The van der Waals surface area contributed by atoms with E-state index in [1.807, 2.05) is 6.92 Å². The first-order chi connectivity index (χ1) is 7.63. The molecular weight excluding hydrogens is 206 g/mol. The Morgan fingerprint density at radius 3 is 2.69 bits per heavy atom. The summed E-state index contributed by atoms with van der Waals surface area (Å²) in [5.41, 5.74) is 0. The van der Waals surface area contributed by atoms with Crippen molar-refractivity contribution in [1.29, 1.82) is 0 Å². The summed E-state index contributed by atoms with van der Waals surface area (Å²) in [7, 11) is 1.64. The van der Waals surface area contributed by atoms with Gasteiger partial charge in [-0.1, -0.05) is 20.3 Å². The predicted molar refractivity (Wildman–Crippen MR) is 64.2 cm³/mol. The zero-order valence-electron chi connectivity index (χ0n) is 10.7. The van der Waals surface area contributed by atoms with E-state index in [0.29, 0.717) is 25.5 Å². The standard InChI is InChI=1S/C12H25NO3/c1-4-11(5-6-14)8-13-12(15)7-10(2)9-16-3/h10-11,14H,4-9H2,1-3H3,(H,13,15). The van der Waals surface area contributed by atoms with Crippen LogP contribution in [0.2, 0.25) is 0 Å². The molecule has 0 radical (unpaired) electrons. The fraction of sp³-hybridized carbons (Fsp3) is 0.917. The normalized spacial score (nSPS) is 14.5. The number of methoxy groups -OCH3 is 1. The molecule has 16 heavy (non-hydrogen) atoms. The molecular formula is C12H25NO3. The number of rotatable bonds is 9. The molecule has 0 fully saturated rings. The van der Waals surface area contributed by atoms with E-state index in [1.165, 1.54) is 0 Å². The Hall–Kier alpha value is -0.610. The number of carbonyl (C=O) groups excluding carboxylic acids is 1. The Bertz CT molecular complexity index is 185. The third kappa shape index (κ3) is 7.65. The topological polar surface area (TPSA) is 58.6 Å². The molecule has 2 atom stereocenters. The molecule has 2 unspecified atom stereocenters. The molecule has 0 aromatic carbocycles. The second kappa shape index (κ2) is 9.60. The molecule has 0 saturated heterocycles. The average Bonchev–Trinajstić information content (AvgIpc) is 2.24. The molecule has 96 valence electrons. The van der Waals surface area contributed by atoms with Crippen LogP contribution in [0.1, 0.15) is 33.1 Å². The molecule has 4 heteroatoms. The average molecular weight is 231 g/mol.